The summed E-state index contributed by atoms with van der Waals surface area (Å²) >= 11 is 6.73. The number of carboxylic acid groups (broad SMARTS) is 1. The van der Waals surface area contributed by atoms with Gasteiger partial charge in [-0.05, 0) is 65.4 Å². The molecule has 2 N–H and O–H groups in total. The second-order valence-electron chi connectivity index (χ2n) is 9.79. The van der Waals surface area contributed by atoms with E-state index in [1.807, 2.05) is 48.5 Å². The minimum Gasteiger partial charge on any atom is -0.506 e. The van der Waals surface area contributed by atoms with Crippen LogP contribution in [0, 0.1) is 6.92 Å². The van der Waals surface area contributed by atoms with Gasteiger partial charge in [0, 0.05) is 36.0 Å². The number of hydrogen-bond acceptors (Lipinski definition) is 4. The van der Waals surface area contributed by atoms with Crippen molar-refractivity contribution in [2.75, 3.05) is 11.9 Å². The fourth-order valence-electron chi connectivity index (χ4n) is 5.69. The molecule has 37 heavy (non-hydrogen) atoms. The van der Waals surface area contributed by atoms with Crippen LogP contribution in [0.5, 0.6) is 5.75 Å². The molecule has 0 bridgehead atoms. The summed E-state index contributed by atoms with van der Waals surface area (Å²) in [4.78, 5) is 30.8. The molecule has 1 amide bonds. The van der Waals surface area contributed by atoms with Gasteiger partial charge in [-0.15, -0.1) is 0 Å². The molecule has 1 fully saturated rings. The van der Waals surface area contributed by atoms with E-state index >= 15 is 0 Å². The van der Waals surface area contributed by atoms with Gasteiger partial charge < -0.3 is 15.1 Å². The fraction of sp³-hybridized carbons (Fsp3) is 0.167. The van der Waals surface area contributed by atoms with Gasteiger partial charge in [0.25, 0.3) is 0 Å². The van der Waals surface area contributed by atoms with Crippen LogP contribution in [0.15, 0.2) is 73.1 Å². The monoisotopic (exact) mass is 510 g/mol. The Balaban J connectivity index is 1.41. The van der Waals surface area contributed by atoms with Crippen molar-refractivity contribution in [3.05, 3.63) is 100 Å². The van der Waals surface area contributed by atoms with Crippen molar-refractivity contribution in [2.45, 2.75) is 24.7 Å². The summed E-state index contributed by atoms with van der Waals surface area (Å²) in [5, 5.41) is 20.3. The van der Waals surface area contributed by atoms with E-state index in [0.717, 1.165) is 33.5 Å². The molecule has 184 valence electrons. The number of carboxylic acids is 1. The van der Waals surface area contributed by atoms with Crippen molar-refractivity contribution in [3.8, 4) is 28.0 Å². The zero-order valence-electron chi connectivity index (χ0n) is 20.2. The number of amides is 1. The molecule has 2 aliphatic rings. The highest BCUT2D eigenvalue weighted by atomic mass is 35.5. The first-order chi connectivity index (χ1) is 17.7. The Morgan fingerprint density at radius 3 is 2.43 bits per heavy atom. The number of fused-ring (bicyclic) bond motifs is 2. The van der Waals surface area contributed by atoms with E-state index in [4.69, 9.17) is 11.6 Å². The topological polar surface area (TPSA) is 90.7 Å². The molecule has 2 atom stereocenters. The second-order valence-corrected chi connectivity index (χ2v) is 10.2. The van der Waals surface area contributed by atoms with Crippen LogP contribution in [-0.4, -0.2) is 34.1 Å². The Kier molecular flexibility index (Phi) is 5.14. The van der Waals surface area contributed by atoms with Crippen molar-refractivity contribution in [3.63, 3.8) is 0 Å². The normalized spacial score (nSPS) is 19.8. The van der Waals surface area contributed by atoms with Crippen LogP contribution >= 0.6 is 11.6 Å². The number of carbonyl (C=O) groups is 2. The Morgan fingerprint density at radius 2 is 1.76 bits per heavy atom. The quantitative estimate of drug-likeness (QED) is 0.342. The van der Waals surface area contributed by atoms with Crippen molar-refractivity contribution in [1.82, 2.24) is 4.98 Å². The SMILES string of the molecule is Cc1ccc(C2CC23C(=O)N(C)c2cc(Cl)c(-c4ccc(-c5ccncc5O)cc4)cc23)cc1C(=O)O. The maximum Gasteiger partial charge on any atom is 0.335 e. The first-order valence-corrected chi connectivity index (χ1v) is 12.3. The number of rotatable bonds is 4. The van der Waals surface area contributed by atoms with Gasteiger partial charge in [-0.3, -0.25) is 9.78 Å². The van der Waals surface area contributed by atoms with Crippen LogP contribution in [-0.2, 0) is 10.2 Å². The third-order valence-corrected chi connectivity index (χ3v) is 8.09. The van der Waals surface area contributed by atoms with Gasteiger partial charge in [0.05, 0.1) is 22.2 Å². The smallest absolute Gasteiger partial charge is 0.335 e. The van der Waals surface area contributed by atoms with Gasteiger partial charge in [0.1, 0.15) is 5.75 Å². The van der Waals surface area contributed by atoms with Gasteiger partial charge in [0.15, 0.2) is 0 Å². The van der Waals surface area contributed by atoms with E-state index in [2.05, 4.69) is 4.98 Å². The lowest BCUT2D eigenvalue weighted by Gasteiger charge is -2.13. The fourth-order valence-corrected chi connectivity index (χ4v) is 5.96. The lowest BCUT2D eigenvalue weighted by Crippen LogP contribution is -2.29. The minimum atomic E-state index is -0.970. The van der Waals surface area contributed by atoms with E-state index in [1.54, 1.807) is 37.2 Å². The molecule has 1 aliphatic heterocycles. The van der Waals surface area contributed by atoms with E-state index in [-0.39, 0.29) is 23.1 Å². The maximum atomic E-state index is 13.5. The molecule has 3 aromatic carbocycles. The average Bonchev–Trinajstić information content (AvgIpc) is 3.61. The third-order valence-electron chi connectivity index (χ3n) is 7.78. The summed E-state index contributed by atoms with van der Waals surface area (Å²) in [6.07, 6.45) is 3.66. The number of aromatic carboxylic acids is 1. The molecular weight excluding hydrogens is 488 g/mol. The highest BCUT2D eigenvalue weighted by molar-refractivity contribution is 6.34. The molecule has 1 aromatic heterocycles. The zero-order valence-corrected chi connectivity index (χ0v) is 21.0. The molecule has 2 heterocycles. The predicted octanol–water partition coefficient (Wildman–Crippen LogP) is 6.18. The van der Waals surface area contributed by atoms with Crippen molar-refractivity contribution in [2.24, 2.45) is 0 Å². The summed E-state index contributed by atoms with van der Waals surface area (Å²) in [6, 6.07) is 18.8. The van der Waals surface area contributed by atoms with Gasteiger partial charge in [0.2, 0.25) is 5.91 Å². The molecule has 0 radical (unpaired) electrons. The molecule has 2 unspecified atom stereocenters. The molecule has 1 aliphatic carbocycles. The summed E-state index contributed by atoms with van der Waals surface area (Å²) in [5.41, 5.74) is 6.03. The van der Waals surface area contributed by atoms with Crippen LogP contribution in [0.1, 0.15) is 39.4 Å². The molecule has 1 spiro atoms. The maximum absolute atomic E-state index is 13.5. The summed E-state index contributed by atoms with van der Waals surface area (Å²) < 4.78 is 0. The summed E-state index contributed by atoms with van der Waals surface area (Å²) in [7, 11) is 1.76. The molecule has 6 nitrogen and oxygen atoms in total. The number of likely N-dealkylation sites (N-methyl/N-ethyl adjacent to an activating group) is 1. The number of aromatic nitrogens is 1. The van der Waals surface area contributed by atoms with Crippen molar-refractivity contribution < 1.29 is 19.8 Å². The number of pyridine rings is 1. The van der Waals surface area contributed by atoms with Gasteiger partial charge >= 0.3 is 5.97 Å². The van der Waals surface area contributed by atoms with Crippen molar-refractivity contribution in [1.29, 1.82) is 0 Å². The lowest BCUT2D eigenvalue weighted by atomic mass is 9.89. The van der Waals surface area contributed by atoms with Crippen LogP contribution in [0.2, 0.25) is 5.02 Å². The second kappa shape index (κ2) is 8.18. The zero-order chi connectivity index (χ0) is 26.1. The molecule has 1 saturated carbocycles. The van der Waals surface area contributed by atoms with Gasteiger partial charge in [-0.2, -0.15) is 0 Å². The number of hydrogen-bond donors (Lipinski definition) is 2. The Hall–Kier alpha value is -4.16. The number of anilines is 1. The minimum absolute atomic E-state index is 0.00155. The number of carbonyl (C=O) groups excluding carboxylic acids is 1. The summed E-state index contributed by atoms with van der Waals surface area (Å²) in [5.74, 6) is -0.965. The van der Waals surface area contributed by atoms with Crippen LogP contribution < -0.4 is 4.90 Å². The number of aromatic hydroxyl groups is 1. The predicted molar refractivity (Wildman–Crippen MR) is 142 cm³/mol. The largest absolute Gasteiger partial charge is 0.506 e. The first-order valence-electron chi connectivity index (χ1n) is 11.9. The molecular formula is C30H23ClN2O4. The molecule has 7 heteroatoms. The standard InChI is InChI=1S/C30H23ClN2O4/c1-16-3-4-19(11-21(16)28(35)36)24-14-30(24)23-12-22(25(31)13-26(23)33(2)29(30)37)18-7-5-17(6-8-18)20-9-10-32-15-27(20)34/h3-13,15,24,34H,14H2,1-2H3,(H,35,36). The number of benzene rings is 3. The molecule has 4 aromatic rings. The third kappa shape index (κ3) is 3.44. The number of aryl methyl sites for hydroxylation is 1. The molecule has 6 rings (SSSR count). The van der Waals surface area contributed by atoms with Crippen LogP contribution in [0.25, 0.3) is 22.3 Å². The van der Waals surface area contributed by atoms with E-state index < -0.39 is 11.4 Å². The van der Waals surface area contributed by atoms with E-state index in [1.165, 1.54) is 6.20 Å². The Bertz CT molecular complexity index is 1610. The van der Waals surface area contributed by atoms with Crippen molar-refractivity contribution >= 4 is 29.2 Å². The Labute approximate surface area is 218 Å². The lowest BCUT2D eigenvalue weighted by molar-refractivity contribution is -0.120. The van der Waals surface area contributed by atoms with Gasteiger partial charge in [-0.25, -0.2) is 4.79 Å². The highest BCUT2D eigenvalue weighted by Crippen LogP contribution is 2.67. The average molecular weight is 511 g/mol. The highest BCUT2D eigenvalue weighted by Gasteiger charge is 2.66. The van der Waals surface area contributed by atoms with Crippen LogP contribution in [0.3, 0.4) is 0 Å². The van der Waals surface area contributed by atoms with E-state index in [0.29, 0.717) is 22.6 Å². The van der Waals surface area contributed by atoms with E-state index in [9.17, 15) is 19.8 Å². The Morgan fingerprint density at radius 1 is 1.05 bits per heavy atom. The number of halogens is 1. The van der Waals surface area contributed by atoms with Gasteiger partial charge in [-0.1, -0.05) is 48.0 Å². The summed E-state index contributed by atoms with van der Waals surface area (Å²) in [6.45, 7) is 1.77. The number of nitrogens with zero attached hydrogens (tertiary/aromatic N) is 2. The molecule has 0 saturated heterocycles. The van der Waals surface area contributed by atoms with Crippen LogP contribution in [0.4, 0.5) is 5.69 Å². The first kappa shape index (κ1) is 23.3.